The standard InChI is InChI=1S/C10H13ClFN3O3S/c1-15(2)9(16)5-14-19(17,18)8-4-6(11)3-7(13)10(8)12/h3-4,14H,5,13H2,1-2H3. The van der Waals surface area contributed by atoms with Crippen molar-refractivity contribution in [1.29, 1.82) is 0 Å². The number of sulfonamides is 1. The molecule has 0 aliphatic heterocycles. The molecule has 0 aromatic heterocycles. The van der Waals surface area contributed by atoms with E-state index in [1.165, 1.54) is 19.0 Å². The van der Waals surface area contributed by atoms with Crippen molar-refractivity contribution in [3.05, 3.63) is 23.0 Å². The number of amides is 1. The van der Waals surface area contributed by atoms with Gasteiger partial charge in [0.1, 0.15) is 4.90 Å². The summed E-state index contributed by atoms with van der Waals surface area (Å²) in [5.41, 5.74) is 4.91. The van der Waals surface area contributed by atoms with Gasteiger partial charge in [0.2, 0.25) is 15.9 Å². The lowest BCUT2D eigenvalue weighted by molar-refractivity contribution is -0.127. The molecule has 1 amide bonds. The Morgan fingerprint density at radius 3 is 2.58 bits per heavy atom. The Hall–Kier alpha value is -1.38. The van der Waals surface area contributed by atoms with Crippen molar-refractivity contribution >= 4 is 33.2 Å². The molecule has 0 aliphatic rings. The second kappa shape index (κ2) is 5.72. The number of anilines is 1. The van der Waals surface area contributed by atoms with Gasteiger partial charge in [-0.1, -0.05) is 11.6 Å². The molecule has 1 aromatic carbocycles. The number of nitrogens with two attached hydrogens (primary N) is 1. The van der Waals surface area contributed by atoms with Crippen molar-refractivity contribution in [2.75, 3.05) is 26.4 Å². The summed E-state index contributed by atoms with van der Waals surface area (Å²) in [6.07, 6.45) is 0. The quantitative estimate of drug-likeness (QED) is 0.789. The van der Waals surface area contributed by atoms with Crippen molar-refractivity contribution in [1.82, 2.24) is 9.62 Å². The van der Waals surface area contributed by atoms with Crippen LogP contribution in [0.15, 0.2) is 17.0 Å². The van der Waals surface area contributed by atoms with Gasteiger partial charge in [0.15, 0.2) is 5.82 Å². The zero-order valence-electron chi connectivity index (χ0n) is 10.3. The molecule has 0 spiro atoms. The van der Waals surface area contributed by atoms with Crippen molar-refractivity contribution in [3.63, 3.8) is 0 Å². The third kappa shape index (κ3) is 3.79. The first kappa shape index (κ1) is 15.7. The average Bonchev–Trinajstić information content (AvgIpc) is 2.30. The maximum atomic E-state index is 13.7. The fourth-order valence-corrected chi connectivity index (χ4v) is 2.57. The minimum Gasteiger partial charge on any atom is -0.396 e. The fourth-order valence-electron chi connectivity index (χ4n) is 1.17. The Kier molecular flexibility index (Phi) is 4.72. The molecule has 106 valence electrons. The van der Waals surface area contributed by atoms with Crippen LogP contribution in [0.2, 0.25) is 5.02 Å². The Balaban J connectivity index is 3.05. The number of carbonyl (C=O) groups excluding carboxylic acids is 1. The number of nitrogens with zero attached hydrogens (tertiary/aromatic N) is 1. The first-order valence-electron chi connectivity index (χ1n) is 5.09. The predicted octanol–water partition coefficient (Wildman–Crippen LogP) is 0.428. The van der Waals surface area contributed by atoms with Gasteiger partial charge in [0.25, 0.3) is 0 Å². The molecule has 0 aliphatic carbocycles. The molecule has 1 aromatic rings. The summed E-state index contributed by atoms with van der Waals surface area (Å²) < 4.78 is 39.3. The van der Waals surface area contributed by atoms with Gasteiger partial charge in [-0.25, -0.2) is 17.5 Å². The Morgan fingerprint density at radius 1 is 1.47 bits per heavy atom. The summed E-state index contributed by atoms with van der Waals surface area (Å²) in [4.78, 5) is 11.8. The molecular formula is C10H13ClFN3O3S. The molecule has 6 nitrogen and oxygen atoms in total. The van der Waals surface area contributed by atoms with Gasteiger partial charge >= 0.3 is 0 Å². The normalized spacial score (nSPS) is 11.4. The van der Waals surface area contributed by atoms with Crippen molar-refractivity contribution < 1.29 is 17.6 Å². The second-order valence-electron chi connectivity index (χ2n) is 3.92. The third-order valence-electron chi connectivity index (χ3n) is 2.23. The highest BCUT2D eigenvalue weighted by Gasteiger charge is 2.22. The van der Waals surface area contributed by atoms with Crippen molar-refractivity contribution in [2.24, 2.45) is 0 Å². The first-order valence-corrected chi connectivity index (χ1v) is 6.95. The van der Waals surface area contributed by atoms with Crippen molar-refractivity contribution in [3.8, 4) is 0 Å². The minimum atomic E-state index is -4.20. The molecule has 0 bridgehead atoms. The summed E-state index contributed by atoms with van der Waals surface area (Å²) in [6, 6.07) is 2.02. The van der Waals surface area contributed by atoms with Gasteiger partial charge in [-0.15, -0.1) is 0 Å². The molecule has 3 N–H and O–H groups in total. The predicted molar refractivity (Wildman–Crippen MR) is 69.7 cm³/mol. The van der Waals surface area contributed by atoms with E-state index in [0.717, 1.165) is 12.1 Å². The largest absolute Gasteiger partial charge is 0.396 e. The van der Waals surface area contributed by atoms with E-state index >= 15 is 0 Å². The Morgan fingerprint density at radius 2 is 2.05 bits per heavy atom. The number of hydrogen-bond donors (Lipinski definition) is 2. The molecular weight excluding hydrogens is 297 g/mol. The molecule has 0 radical (unpaired) electrons. The smallest absolute Gasteiger partial charge is 0.244 e. The van der Waals surface area contributed by atoms with Crippen LogP contribution in [0.25, 0.3) is 0 Å². The molecule has 9 heteroatoms. The highest BCUT2D eigenvalue weighted by molar-refractivity contribution is 7.89. The fraction of sp³-hybridized carbons (Fsp3) is 0.300. The average molecular weight is 310 g/mol. The minimum absolute atomic E-state index is 0.0155. The number of likely N-dealkylation sites (N-methyl/N-ethyl adjacent to an activating group) is 1. The monoisotopic (exact) mass is 309 g/mol. The van der Waals surface area contributed by atoms with Crippen LogP contribution < -0.4 is 10.5 Å². The summed E-state index contributed by atoms with van der Waals surface area (Å²) >= 11 is 5.63. The van der Waals surface area contributed by atoms with Gasteiger partial charge in [-0.3, -0.25) is 4.79 Å². The lowest BCUT2D eigenvalue weighted by Crippen LogP contribution is -2.36. The van der Waals surface area contributed by atoms with E-state index in [9.17, 15) is 17.6 Å². The molecule has 0 saturated heterocycles. The molecule has 19 heavy (non-hydrogen) atoms. The number of nitrogens with one attached hydrogen (secondary N) is 1. The lowest BCUT2D eigenvalue weighted by atomic mass is 10.3. The third-order valence-corrected chi connectivity index (χ3v) is 3.85. The van der Waals surface area contributed by atoms with Crippen LogP contribution in [-0.2, 0) is 14.8 Å². The van der Waals surface area contributed by atoms with E-state index < -0.39 is 33.2 Å². The van der Waals surface area contributed by atoms with Crippen LogP contribution in [0.1, 0.15) is 0 Å². The van der Waals surface area contributed by atoms with Gasteiger partial charge in [0, 0.05) is 19.1 Å². The number of halogens is 2. The van der Waals surface area contributed by atoms with E-state index in [1.54, 1.807) is 0 Å². The molecule has 0 unspecified atom stereocenters. The highest BCUT2D eigenvalue weighted by Crippen LogP contribution is 2.24. The van der Waals surface area contributed by atoms with Gasteiger partial charge in [-0.05, 0) is 12.1 Å². The lowest BCUT2D eigenvalue weighted by Gasteiger charge is -2.12. The zero-order valence-corrected chi connectivity index (χ0v) is 11.8. The number of rotatable bonds is 4. The van der Waals surface area contributed by atoms with Crippen LogP contribution in [0.3, 0.4) is 0 Å². The number of hydrogen-bond acceptors (Lipinski definition) is 4. The topological polar surface area (TPSA) is 92.5 Å². The number of carbonyl (C=O) groups is 1. The summed E-state index contributed by atoms with van der Waals surface area (Å²) in [5.74, 6) is -1.58. The SMILES string of the molecule is CN(C)C(=O)CNS(=O)(=O)c1cc(Cl)cc(N)c1F. The summed E-state index contributed by atoms with van der Waals surface area (Å²) in [5, 5.41) is -0.0155. The van der Waals surface area contributed by atoms with Crippen LogP contribution in [0, 0.1) is 5.82 Å². The molecule has 0 heterocycles. The maximum absolute atomic E-state index is 13.7. The van der Waals surface area contributed by atoms with E-state index in [4.69, 9.17) is 17.3 Å². The van der Waals surface area contributed by atoms with Gasteiger partial charge in [-0.2, -0.15) is 0 Å². The van der Waals surface area contributed by atoms with Crippen LogP contribution in [0.4, 0.5) is 10.1 Å². The molecule has 0 fully saturated rings. The van der Waals surface area contributed by atoms with Gasteiger partial charge < -0.3 is 10.6 Å². The highest BCUT2D eigenvalue weighted by atomic mass is 35.5. The van der Waals surface area contributed by atoms with Crippen LogP contribution in [-0.4, -0.2) is 39.9 Å². The summed E-state index contributed by atoms with van der Waals surface area (Å²) in [7, 11) is -1.27. The second-order valence-corrected chi connectivity index (χ2v) is 6.09. The zero-order chi connectivity index (χ0) is 14.8. The Bertz CT molecular complexity index is 604. The van der Waals surface area contributed by atoms with E-state index in [-0.39, 0.29) is 10.7 Å². The first-order chi connectivity index (χ1) is 8.65. The maximum Gasteiger partial charge on any atom is 0.244 e. The van der Waals surface area contributed by atoms with Crippen molar-refractivity contribution in [2.45, 2.75) is 4.90 Å². The van der Waals surface area contributed by atoms with E-state index in [0.29, 0.717) is 0 Å². The number of nitrogen functional groups attached to an aromatic ring is 1. The molecule has 0 atom stereocenters. The van der Waals surface area contributed by atoms with E-state index in [2.05, 4.69) is 0 Å². The molecule has 1 rings (SSSR count). The Labute approximate surface area is 115 Å². The molecule has 0 saturated carbocycles. The van der Waals surface area contributed by atoms with Crippen LogP contribution >= 0.6 is 11.6 Å². The van der Waals surface area contributed by atoms with Crippen LogP contribution in [0.5, 0.6) is 0 Å². The van der Waals surface area contributed by atoms with E-state index in [1.807, 2.05) is 4.72 Å². The number of benzene rings is 1. The summed E-state index contributed by atoms with van der Waals surface area (Å²) in [6.45, 7) is -0.485. The van der Waals surface area contributed by atoms with Gasteiger partial charge in [0.05, 0.1) is 12.2 Å².